The summed E-state index contributed by atoms with van der Waals surface area (Å²) in [5, 5.41) is 5.37. The molecule has 1 N–H and O–H groups in total. The zero-order valence-corrected chi connectivity index (χ0v) is 19.0. The molecule has 5 nitrogen and oxygen atoms in total. The number of carbonyl (C=O) groups is 2. The van der Waals surface area contributed by atoms with Crippen molar-refractivity contribution in [1.82, 2.24) is 9.88 Å². The van der Waals surface area contributed by atoms with E-state index >= 15 is 0 Å². The van der Waals surface area contributed by atoms with Gasteiger partial charge in [0.15, 0.2) is 0 Å². The number of nitrogens with one attached hydrogen (secondary N) is 1. The van der Waals surface area contributed by atoms with Crippen LogP contribution in [0.25, 0.3) is 10.2 Å². The number of nitrogens with zero attached hydrogens (tertiary/aromatic N) is 2. The van der Waals surface area contributed by atoms with Gasteiger partial charge in [0.25, 0.3) is 5.91 Å². The highest BCUT2D eigenvalue weighted by atomic mass is 32.1. The lowest BCUT2D eigenvalue weighted by Gasteiger charge is -2.45. The SMILES string of the molecule is Cc1ccccc1N1C(=O)c2cc3sccc3n2CC1(C)C(=O)NC1CCCCCC1. The van der Waals surface area contributed by atoms with E-state index in [1.54, 1.807) is 16.2 Å². The van der Waals surface area contributed by atoms with Crippen LogP contribution in [0.3, 0.4) is 0 Å². The Bertz CT molecular complexity index is 1140. The summed E-state index contributed by atoms with van der Waals surface area (Å²) in [6.07, 6.45) is 6.81. The van der Waals surface area contributed by atoms with Crippen LogP contribution in [-0.2, 0) is 11.3 Å². The summed E-state index contributed by atoms with van der Waals surface area (Å²) in [6.45, 7) is 4.37. The quantitative estimate of drug-likeness (QED) is 0.570. The van der Waals surface area contributed by atoms with E-state index in [1.165, 1.54) is 12.8 Å². The van der Waals surface area contributed by atoms with E-state index in [4.69, 9.17) is 0 Å². The second kappa shape index (κ2) is 7.83. The Morgan fingerprint density at radius 1 is 1.13 bits per heavy atom. The van der Waals surface area contributed by atoms with E-state index in [9.17, 15) is 9.59 Å². The second-order valence-electron chi connectivity index (χ2n) is 9.15. The molecule has 1 aliphatic heterocycles. The van der Waals surface area contributed by atoms with Gasteiger partial charge in [-0.3, -0.25) is 14.5 Å². The summed E-state index contributed by atoms with van der Waals surface area (Å²) in [6, 6.07) is 12.1. The number of aromatic nitrogens is 1. The fourth-order valence-electron chi connectivity index (χ4n) is 5.17. The molecule has 31 heavy (non-hydrogen) atoms. The van der Waals surface area contributed by atoms with Crippen LogP contribution >= 0.6 is 11.3 Å². The predicted octanol–water partition coefficient (Wildman–Crippen LogP) is 5.27. The van der Waals surface area contributed by atoms with Crippen molar-refractivity contribution in [3.05, 3.63) is 53.0 Å². The van der Waals surface area contributed by atoms with Gasteiger partial charge in [0.1, 0.15) is 11.2 Å². The first-order chi connectivity index (χ1) is 15.0. The molecule has 162 valence electrons. The summed E-state index contributed by atoms with van der Waals surface area (Å²) in [7, 11) is 0. The molecule has 2 aliphatic rings. The molecule has 0 bridgehead atoms. The first-order valence-electron chi connectivity index (χ1n) is 11.3. The minimum Gasteiger partial charge on any atom is -0.351 e. The van der Waals surface area contributed by atoms with Crippen LogP contribution in [0, 0.1) is 6.92 Å². The minimum atomic E-state index is -1.00. The Morgan fingerprint density at radius 2 is 1.87 bits per heavy atom. The molecule has 1 fully saturated rings. The number of para-hydroxylation sites is 1. The Kier molecular flexibility index (Phi) is 5.13. The second-order valence-corrected chi connectivity index (χ2v) is 10.1. The molecule has 0 spiro atoms. The van der Waals surface area contributed by atoms with Gasteiger partial charge in [0, 0.05) is 11.7 Å². The Hall–Kier alpha value is -2.60. The number of anilines is 1. The number of hydrogen-bond acceptors (Lipinski definition) is 3. The van der Waals surface area contributed by atoms with Crippen molar-refractivity contribution >= 4 is 39.1 Å². The number of carbonyl (C=O) groups excluding carboxylic acids is 2. The number of aryl methyl sites for hydroxylation is 1. The van der Waals surface area contributed by atoms with Gasteiger partial charge in [-0.05, 0) is 55.8 Å². The summed E-state index contributed by atoms with van der Waals surface area (Å²) >= 11 is 1.63. The normalized spacial score (nSPS) is 22.4. The van der Waals surface area contributed by atoms with Crippen LogP contribution in [0.4, 0.5) is 5.69 Å². The maximum Gasteiger partial charge on any atom is 0.275 e. The van der Waals surface area contributed by atoms with Crippen molar-refractivity contribution in [3.63, 3.8) is 0 Å². The van der Waals surface area contributed by atoms with Gasteiger partial charge in [-0.15, -0.1) is 11.3 Å². The third-order valence-corrected chi connectivity index (χ3v) is 7.79. The first-order valence-corrected chi connectivity index (χ1v) is 12.1. The van der Waals surface area contributed by atoms with Gasteiger partial charge in [-0.1, -0.05) is 43.9 Å². The first kappa shape index (κ1) is 20.3. The zero-order chi connectivity index (χ0) is 21.6. The Morgan fingerprint density at radius 3 is 2.61 bits per heavy atom. The van der Waals surface area contributed by atoms with E-state index in [2.05, 4.69) is 5.32 Å². The van der Waals surface area contributed by atoms with Gasteiger partial charge in [-0.2, -0.15) is 0 Å². The Balaban J connectivity index is 1.59. The van der Waals surface area contributed by atoms with Crippen LogP contribution in [0.1, 0.15) is 61.5 Å². The number of rotatable bonds is 3. The van der Waals surface area contributed by atoms with Crippen molar-refractivity contribution in [2.75, 3.05) is 4.90 Å². The molecule has 0 saturated heterocycles. The highest BCUT2D eigenvalue weighted by molar-refractivity contribution is 7.17. The van der Waals surface area contributed by atoms with Gasteiger partial charge < -0.3 is 9.88 Å². The number of benzene rings is 1. The van der Waals surface area contributed by atoms with Gasteiger partial charge in [0.05, 0.1) is 16.8 Å². The molecule has 3 heterocycles. The summed E-state index contributed by atoms with van der Waals surface area (Å²) in [4.78, 5) is 29.4. The van der Waals surface area contributed by atoms with Gasteiger partial charge in [-0.25, -0.2) is 0 Å². The zero-order valence-electron chi connectivity index (χ0n) is 18.2. The average Bonchev–Trinajstić information content (AvgIpc) is 3.24. The van der Waals surface area contributed by atoms with Crippen molar-refractivity contribution < 1.29 is 9.59 Å². The van der Waals surface area contributed by atoms with E-state index in [1.807, 2.05) is 60.2 Å². The molecule has 1 aliphatic carbocycles. The van der Waals surface area contributed by atoms with Gasteiger partial charge in [0.2, 0.25) is 5.91 Å². The highest BCUT2D eigenvalue weighted by Gasteiger charge is 2.49. The molecule has 3 aromatic rings. The van der Waals surface area contributed by atoms with Crippen molar-refractivity contribution in [2.24, 2.45) is 0 Å². The summed E-state index contributed by atoms with van der Waals surface area (Å²) in [5.74, 6) is -0.166. The van der Waals surface area contributed by atoms with Crippen LogP contribution in [-0.4, -0.2) is 28.0 Å². The molecule has 1 saturated carbocycles. The molecular weight excluding hydrogens is 406 g/mol. The number of amides is 2. The minimum absolute atomic E-state index is 0.0567. The van der Waals surface area contributed by atoms with Crippen molar-refractivity contribution in [1.29, 1.82) is 0 Å². The van der Waals surface area contributed by atoms with Crippen LogP contribution in [0.5, 0.6) is 0 Å². The largest absolute Gasteiger partial charge is 0.351 e. The lowest BCUT2D eigenvalue weighted by atomic mass is 9.92. The number of fused-ring (bicyclic) bond motifs is 3. The molecule has 6 heteroatoms. The topological polar surface area (TPSA) is 54.3 Å². The summed E-state index contributed by atoms with van der Waals surface area (Å²) in [5.41, 5.74) is 2.49. The molecule has 1 atom stereocenters. The average molecular weight is 436 g/mol. The monoisotopic (exact) mass is 435 g/mol. The Labute approximate surface area is 187 Å². The van der Waals surface area contributed by atoms with Crippen LogP contribution in [0.2, 0.25) is 0 Å². The lowest BCUT2D eigenvalue weighted by molar-refractivity contribution is -0.127. The van der Waals surface area contributed by atoms with Crippen molar-refractivity contribution in [3.8, 4) is 0 Å². The van der Waals surface area contributed by atoms with E-state index in [0.717, 1.165) is 47.2 Å². The molecule has 0 radical (unpaired) electrons. The van der Waals surface area contributed by atoms with Crippen molar-refractivity contribution in [2.45, 2.75) is 70.5 Å². The smallest absolute Gasteiger partial charge is 0.275 e. The van der Waals surface area contributed by atoms with Crippen LogP contribution in [0.15, 0.2) is 41.8 Å². The maximum atomic E-state index is 13.8. The number of thiophene rings is 1. The highest BCUT2D eigenvalue weighted by Crippen LogP contribution is 2.38. The molecule has 5 rings (SSSR count). The fraction of sp³-hybridized carbons (Fsp3) is 0.440. The number of hydrogen-bond donors (Lipinski definition) is 1. The molecule has 2 amide bonds. The van der Waals surface area contributed by atoms with Crippen LogP contribution < -0.4 is 10.2 Å². The van der Waals surface area contributed by atoms with Gasteiger partial charge >= 0.3 is 0 Å². The third kappa shape index (κ3) is 3.37. The molecule has 1 unspecified atom stereocenters. The van der Waals surface area contributed by atoms with E-state index < -0.39 is 5.54 Å². The lowest BCUT2D eigenvalue weighted by Crippen LogP contribution is -2.65. The standard InChI is InChI=1S/C25H29N3O2S/c1-17-9-7-8-12-19(17)28-23(29)21-15-22-20(13-14-31-22)27(21)16-25(28,2)24(30)26-18-10-5-3-4-6-11-18/h7-9,12-15,18H,3-6,10-11,16H2,1-2H3,(H,26,30). The fourth-order valence-corrected chi connectivity index (χ4v) is 5.99. The maximum absolute atomic E-state index is 13.8. The van der Waals surface area contributed by atoms with E-state index in [0.29, 0.717) is 12.2 Å². The molecule has 2 aromatic heterocycles. The molecular formula is C25H29N3O2S. The molecule has 1 aromatic carbocycles. The predicted molar refractivity (Wildman–Crippen MR) is 126 cm³/mol. The van der Waals surface area contributed by atoms with E-state index in [-0.39, 0.29) is 17.9 Å². The summed E-state index contributed by atoms with van der Waals surface area (Å²) < 4.78 is 3.12. The third-order valence-electron chi connectivity index (χ3n) is 6.94.